The molecule has 10 aromatic rings. The van der Waals surface area contributed by atoms with E-state index >= 15 is 0 Å². The summed E-state index contributed by atoms with van der Waals surface area (Å²) >= 11 is 1.80. The zero-order chi connectivity index (χ0) is 33.0. The van der Waals surface area contributed by atoms with Crippen LogP contribution in [0.15, 0.2) is 168 Å². The molecule has 3 aromatic heterocycles. The van der Waals surface area contributed by atoms with E-state index in [1.54, 1.807) is 11.3 Å². The molecule has 234 valence electrons. The van der Waals surface area contributed by atoms with Crippen molar-refractivity contribution in [3.63, 3.8) is 0 Å². The maximum atomic E-state index is 6.16. The fraction of sp³-hybridized carbons (Fsp3) is 0. The highest BCUT2D eigenvalue weighted by atomic mass is 32.1. The van der Waals surface area contributed by atoms with E-state index < -0.39 is 0 Å². The number of fused-ring (bicyclic) bond motifs is 6. The molecule has 4 nitrogen and oxygen atoms in total. The van der Waals surface area contributed by atoms with Gasteiger partial charge in [0.25, 0.3) is 0 Å². The van der Waals surface area contributed by atoms with E-state index in [9.17, 15) is 0 Å². The first-order valence-corrected chi connectivity index (χ1v) is 17.4. The van der Waals surface area contributed by atoms with Gasteiger partial charge in [-0.1, -0.05) is 133 Å². The van der Waals surface area contributed by atoms with Gasteiger partial charge in [-0.15, -0.1) is 11.3 Å². The summed E-state index contributed by atoms with van der Waals surface area (Å²) in [5, 5.41) is 4.67. The number of para-hydroxylation sites is 1. The number of furan rings is 1. The van der Waals surface area contributed by atoms with Crippen molar-refractivity contribution in [3.8, 4) is 56.4 Å². The van der Waals surface area contributed by atoms with E-state index in [1.165, 1.54) is 20.2 Å². The molecule has 0 aliphatic rings. The first-order chi connectivity index (χ1) is 24.8. The SMILES string of the molecule is c1ccc(-c2nc(-c3cccc(-c4ccc(-c5cccc6oc7ccccc7c56)cc4)c3)nc(-c3cccc4sc5ccccc5c34)n2)cc1. The molecule has 10 rings (SSSR count). The summed E-state index contributed by atoms with van der Waals surface area (Å²) in [6.45, 7) is 0. The Bertz CT molecular complexity index is 2870. The van der Waals surface area contributed by atoms with Gasteiger partial charge in [0, 0.05) is 47.6 Å². The lowest BCUT2D eigenvalue weighted by Crippen LogP contribution is -2.00. The third-order valence-electron chi connectivity index (χ3n) is 9.36. The quantitative estimate of drug-likeness (QED) is 0.185. The second-order valence-corrected chi connectivity index (χ2v) is 13.5. The van der Waals surface area contributed by atoms with Gasteiger partial charge < -0.3 is 4.42 Å². The van der Waals surface area contributed by atoms with Gasteiger partial charge in [0.05, 0.1) is 0 Å². The summed E-state index contributed by atoms with van der Waals surface area (Å²) in [6, 6.07) is 56.8. The van der Waals surface area contributed by atoms with Crippen LogP contribution < -0.4 is 0 Å². The third-order valence-corrected chi connectivity index (χ3v) is 10.5. The highest BCUT2D eigenvalue weighted by Gasteiger charge is 2.17. The lowest BCUT2D eigenvalue weighted by atomic mass is 9.96. The van der Waals surface area contributed by atoms with Gasteiger partial charge in [-0.3, -0.25) is 0 Å². The number of nitrogens with zero attached hydrogens (tertiary/aromatic N) is 3. The average molecular weight is 658 g/mol. The van der Waals surface area contributed by atoms with E-state index in [4.69, 9.17) is 19.4 Å². The Labute approximate surface area is 292 Å². The number of hydrogen-bond donors (Lipinski definition) is 0. The molecule has 0 aliphatic carbocycles. The molecule has 0 saturated carbocycles. The Kier molecular flexibility index (Phi) is 6.64. The van der Waals surface area contributed by atoms with E-state index in [0.717, 1.165) is 60.9 Å². The Morgan fingerprint density at radius 2 is 0.960 bits per heavy atom. The number of aromatic nitrogens is 3. The van der Waals surface area contributed by atoms with Crippen LogP contribution in [0.3, 0.4) is 0 Å². The Balaban J connectivity index is 1.08. The molecule has 50 heavy (non-hydrogen) atoms. The van der Waals surface area contributed by atoms with E-state index in [2.05, 4.69) is 115 Å². The molecule has 0 atom stereocenters. The molecule has 0 N–H and O–H groups in total. The lowest BCUT2D eigenvalue weighted by molar-refractivity contribution is 0.669. The molecular formula is C45H27N3OS. The Morgan fingerprint density at radius 1 is 0.360 bits per heavy atom. The smallest absolute Gasteiger partial charge is 0.164 e. The summed E-state index contributed by atoms with van der Waals surface area (Å²) in [6.07, 6.45) is 0. The van der Waals surface area contributed by atoms with E-state index in [-0.39, 0.29) is 0 Å². The van der Waals surface area contributed by atoms with Gasteiger partial charge in [0.2, 0.25) is 0 Å². The Morgan fingerprint density at radius 3 is 1.84 bits per heavy atom. The zero-order valence-corrected chi connectivity index (χ0v) is 27.6. The Hall–Kier alpha value is -6.43. The number of rotatable bonds is 5. The summed E-state index contributed by atoms with van der Waals surface area (Å²) < 4.78 is 8.62. The van der Waals surface area contributed by atoms with Crippen LogP contribution in [0.2, 0.25) is 0 Å². The molecule has 0 radical (unpaired) electrons. The van der Waals surface area contributed by atoms with Crippen molar-refractivity contribution < 1.29 is 4.42 Å². The van der Waals surface area contributed by atoms with Crippen molar-refractivity contribution in [2.24, 2.45) is 0 Å². The minimum absolute atomic E-state index is 0.641. The second kappa shape index (κ2) is 11.6. The number of thiophene rings is 1. The molecule has 0 saturated heterocycles. The molecular weight excluding hydrogens is 631 g/mol. The normalized spacial score (nSPS) is 11.6. The van der Waals surface area contributed by atoms with Crippen LogP contribution in [0.25, 0.3) is 98.5 Å². The first kappa shape index (κ1) is 28.6. The summed E-state index contributed by atoms with van der Waals surface area (Å²) in [7, 11) is 0. The van der Waals surface area contributed by atoms with Crippen LogP contribution >= 0.6 is 11.3 Å². The highest BCUT2D eigenvalue weighted by molar-refractivity contribution is 7.25. The van der Waals surface area contributed by atoms with Crippen molar-refractivity contribution in [1.29, 1.82) is 0 Å². The van der Waals surface area contributed by atoms with Crippen LogP contribution in [0.1, 0.15) is 0 Å². The van der Waals surface area contributed by atoms with E-state index in [0.29, 0.717) is 17.5 Å². The highest BCUT2D eigenvalue weighted by Crippen LogP contribution is 2.40. The molecule has 0 bridgehead atoms. The zero-order valence-electron chi connectivity index (χ0n) is 26.7. The number of benzene rings is 7. The molecule has 0 amide bonds. The first-order valence-electron chi connectivity index (χ1n) is 16.6. The molecule has 3 heterocycles. The maximum Gasteiger partial charge on any atom is 0.164 e. The van der Waals surface area contributed by atoms with Crippen LogP contribution in [-0.2, 0) is 0 Å². The van der Waals surface area contributed by atoms with Gasteiger partial charge in [-0.05, 0) is 52.6 Å². The van der Waals surface area contributed by atoms with Crippen molar-refractivity contribution in [3.05, 3.63) is 164 Å². The van der Waals surface area contributed by atoms with Crippen LogP contribution in [0.5, 0.6) is 0 Å². The minimum atomic E-state index is 0.641. The summed E-state index contributed by atoms with van der Waals surface area (Å²) in [5.74, 6) is 1.96. The van der Waals surface area contributed by atoms with E-state index in [1.807, 2.05) is 48.5 Å². The minimum Gasteiger partial charge on any atom is -0.456 e. The molecule has 7 aromatic carbocycles. The molecule has 0 spiro atoms. The predicted molar refractivity (Wildman–Crippen MR) is 207 cm³/mol. The number of hydrogen-bond acceptors (Lipinski definition) is 5. The molecule has 5 heteroatoms. The summed E-state index contributed by atoms with van der Waals surface area (Å²) in [4.78, 5) is 15.3. The van der Waals surface area contributed by atoms with Crippen molar-refractivity contribution in [1.82, 2.24) is 15.0 Å². The third kappa shape index (κ3) is 4.79. The lowest BCUT2D eigenvalue weighted by Gasteiger charge is -2.11. The topological polar surface area (TPSA) is 51.8 Å². The van der Waals surface area contributed by atoms with Gasteiger partial charge in [0.15, 0.2) is 17.5 Å². The van der Waals surface area contributed by atoms with Gasteiger partial charge >= 0.3 is 0 Å². The standard InChI is InChI=1S/C45H27N3OS/c1-2-11-30(12-3-1)43-46-44(48-45(47-43)36-18-10-22-40-42(36)35-16-5-7-21-39(35)50-40)32-14-8-13-31(27-32)28-23-25-29(26-24-28)33-17-9-20-38-41(33)34-15-4-6-19-37(34)49-38/h1-27H. The monoisotopic (exact) mass is 657 g/mol. The molecule has 0 aliphatic heterocycles. The average Bonchev–Trinajstić information content (AvgIpc) is 3.77. The largest absolute Gasteiger partial charge is 0.456 e. The van der Waals surface area contributed by atoms with Crippen LogP contribution in [-0.4, -0.2) is 15.0 Å². The fourth-order valence-corrected chi connectivity index (χ4v) is 8.13. The maximum absolute atomic E-state index is 6.16. The predicted octanol–water partition coefficient (Wildman–Crippen LogP) is 12.5. The summed E-state index contributed by atoms with van der Waals surface area (Å²) in [5.41, 5.74) is 9.21. The second-order valence-electron chi connectivity index (χ2n) is 12.4. The van der Waals surface area contributed by atoms with Crippen molar-refractivity contribution in [2.75, 3.05) is 0 Å². The molecule has 0 fully saturated rings. The van der Waals surface area contributed by atoms with Crippen LogP contribution in [0.4, 0.5) is 0 Å². The fourth-order valence-electron chi connectivity index (χ4n) is 7.00. The van der Waals surface area contributed by atoms with Gasteiger partial charge in [0.1, 0.15) is 11.2 Å². The van der Waals surface area contributed by atoms with Gasteiger partial charge in [-0.2, -0.15) is 0 Å². The van der Waals surface area contributed by atoms with Crippen LogP contribution in [0, 0.1) is 0 Å². The molecule has 0 unspecified atom stereocenters. The van der Waals surface area contributed by atoms with Crippen molar-refractivity contribution in [2.45, 2.75) is 0 Å². The van der Waals surface area contributed by atoms with Gasteiger partial charge in [-0.25, -0.2) is 15.0 Å². The van der Waals surface area contributed by atoms with Crippen molar-refractivity contribution >= 4 is 53.4 Å².